The van der Waals surface area contributed by atoms with Gasteiger partial charge in [-0.25, -0.2) is 4.39 Å². The fourth-order valence-electron chi connectivity index (χ4n) is 3.60. The molecule has 0 spiro atoms. The number of hydrogen-bond acceptors (Lipinski definition) is 2. The van der Waals surface area contributed by atoms with Crippen LogP contribution in [0.2, 0.25) is 0 Å². The minimum Gasteiger partial charge on any atom is -0.455 e. The molecule has 1 heterocycles. The summed E-state index contributed by atoms with van der Waals surface area (Å²) in [5.74, 6) is 1.31. The van der Waals surface area contributed by atoms with Gasteiger partial charge in [-0.3, -0.25) is 0 Å². The van der Waals surface area contributed by atoms with Crippen molar-refractivity contribution >= 4 is 22.7 Å². The van der Waals surface area contributed by atoms with E-state index in [0.717, 1.165) is 21.8 Å². The molecule has 1 aliphatic rings. The van der Waals surface area contributed by atoms with Crippen LogP contribution >= 0.6 is 11.8 Å². The van der Waals surface area contributed by atoms with Crippen molar-refractivity contribution in [2.45, 2.75) is 36.5 Å². The van der Waals surface area contributed by atoms with E-state index in [-0.39, 0.29) is 5.82 Å². The summed E-state index contributed by atoms with van der Waals surface area (Å²) in [5.41, 5.74) is 3.27. The van der Waals surface area contributed by atoms with E-state index in [9.17, 15) is 4.39 Å². The normalized spacial score (nSPS) is 15.6. The maximum Gasteiger partial charge on any atom is 0.148 e. The first kappa shape index (κ1) is 14.8. The zero-order chi connectivity index (χ0) is 15.8. The molecular formula is C20H19FOS. The summed E-state index contributed by atoms with van der Waals surface area (Å²) in [5, 5.41) is 1.18. The Morgan fingerprint density at radius 1 is 1.04 bits per heavy atom. The molecule has 3 aromatic rings. The summed E-state index contributed by atoms with van der Waals surface area (Å²) in [6.45, 7) is 0. The van der Waals surface area contributed by atoms with Gasteiger partial charge >= 0.3 is 0 Å². The summed E-state index contributed by atoms with van der Waals surface area (Å²) in [7, 11) is 0. The van der Waals surface area contributed by atoms with Crippen LogP contribution in [0.4, 0.5) is 4.39 Å². The number of rotatable bonds is 3. The minimum absolute atomic E-state index is 0.223. The average Bonchev–Trinajstić information content (AvgIpc) is 3.22. The van der Waals surface area contributed by atoms with Crippen molar-refractivity contribution in [3.8, 4) is 11.3 Å². The Morgan fingerprint density at radius 2 is 1.78 bits per heavy atom. The molecule has 3 heteroatoms. The van der Waals surface area contributed by atoms with Gasteiger partial charge in [0.2, 0.25) is 0 Å². The van der Waals surface area contributed by atoms with Crippen molar-refractivity contribution in [3.05, 3.63) is 53.8 Å². The summed E-state index contributed by atoms with van der Waals surface area (Å²) < 4.78 is 19.3. The van der Waals surface area contributed by atoms with Crippen LogP contribution in [0, 0.1) is 5.82 Å². The SMILES string of the molecule is CSc1c(-c2ccc(F)cc2)oc2ccc(C3CCCC3)cc12. The predicted molar refractivity (Wildman–Crippen MR) is 94.6 cm³/mol. The fraction of sp³-hybridized carbons (Fsp3) is 0.300. The lowest BCUT2D eigenvalue weighted by molar-refractivity contribution is 0.619. The Labute approximate surface area is 139 Å². The van der Waals surface area contributed by atoms with Crippen molar-refractivity contribution in [2.75, 3.05) is 6.26 Å². The molecule has 0 radical (unpaired) electrons. The molecule has 23 heavy (non-hydrogen) atoms. The van der Waals surface area contributed by atoms with Crippen LogP contribution in [0.5, 0.6) is 0 Å². The molecule has 0 N–H and O–H groups in total. The van der Waals surface area contributed by atoms with Crippen molar-refractivity contribution in [3.63, 3.8) is 0 Å². The Kier molecular flexibility index (Phi) is 3.90. The lowest BCUT2D eigenvalue weighted by atomic mass is 9.96. The third kappa shape index (κ3) is 2.67. The van der Waals surface area contributed by atoms with Gasteiger partial charge in [-0.05, 0) is 67.0 Å². The molecule has 1 fully saturated rings. The molecule has 0 saturated heterocycles. The van der Waals surface area contributed by atoms with Crippen molar-refractivity contribution in [1.29, 1.82) is 0 Å². The summed E-state index contributed by atoms with van der Waals surface area (Å²) in [6, 6.07) is 13.1. The molecule has 2 aromatic carbocycles. The number of halogens is 1. The molecule has 1 nitrogen and oxygen atoms in total. The monoisotopic (exact) mass is 326 g/mol. The molecule has 1 aliphatic carbocycles. The van der Waals surface area contributed by atoms with Gasteiger partial charge < -0.3 is 4.42 Å². The first-order chi connectivity index (χ1) is 11.3. The topological polar surface area (TPSA) is 13.1 Å². The number of thioether (sulfide) groups is 1. The van der Waals surface area contributed by atoms with E-state index < -0.39 is 0 Å². The maximum absolute atomic E-state index is 13.2. The molecule has 0 amide bonds. The molecular weight excluding hydrogens is 307 g/mol. The molecule has 1 aromatic heterocycles. The van der Waals surface area contributed by atoms with Crippen LogP contribution in [0.3, 0.4) is 0 Å². The Balaban J connectivity index is 1.84. The van der Waals surface area contributed by atoms with Crippen LogP contribution in [-0.2, 0) is 0 Å². The van der Waals surface area contributed by atoms with Gasteiger partial charge in [-0.15, -0.1) is 11.8 Å². The number of hydrogen-bond donors (Lipinski definition) is 0. The van der Waals surface area contributed by atoms with Crippen LogP contribution in [-0.4, -0.2) is 6.26 Å². The third-order valence-corrected chi connectivity index (χ3v) is 5.62. The van der Waals surface area contributed by atoms with Crippen LogP contribution in [0.1, 0.15) is 37.2 Å². The van der Waals surface area contributed by atoms with Gasteiger partial charge in [0.15, 0.2) is 0 Å². The van der Waals surface area contributed by atoms with E-state index in [1.165, 1.54) is 48.8 Å². The first-order valence-corrected chi connectivity index (χ1v) is 9.35. The first-order valence-electron chi connectivity index (χ1n) is 8.12. The zero-order valence-electron chi connectivity index (χ0n) is 13.1. The fourth-order valence-corrected chi connectivity index (χ4v) is 4.32. The number of furan rings is 1. The van der Waals surface area contributed by atoms with E-state index in [1.807, 2.05) is 0 Å². The molecule has 0 aliphatic heterocycles. The average molecular weight is 326 g/mol. The molecule has 4 rings (SSSR count). The zero-order valence-corrected chi connectivity index (χ0v) is 14.0. The lowest BCUT2D eigenvalue weighted by Gasteiger charge is -2.09. The highest BCUT2D eigenvalue weighted by Gasteiger charge is 2.20. The van der Waals surface area contributed by atoms with Gasteiger partial charge in [0.1, 0.15) is 17.2 Å². The van der Waals surface area contributed by atoms with E-state index in [4.69, 9.17) is 4.42 Å². The van der Waals surface area contributed by atoms with E-state index in [0.29, 0.717) is 5.92 Å². The van der Waals surface area contributed by atoms with Crippen LogP contribution in [0.25, 0.3) is 22.3 Å². The standard InChI is InChI=1S/C20H19FOS/c1-23-20-17-12-15(13-4-2-3-5-13)8-11-18(17)22-19(20)14-6-9-16(21)10-7-14/h6-13H,2-5H2,1H3. The largest absolute Gasteiger partial charge is 0.455 e. The molecule has 1 saturated carbocycles. The number of benzene rings is 2. The summed E-state index contributed by atoms with van der Waals surface area (Å²) in [6.07, 6.45) is 7.33. The van der Waals surface area contributed by atoms with E-state index in [2.05, 4.69) is 24.5 Å². The highest BCUT2D eigenvalue weighted by Crippen LogP contribution is 2.42. The summed E-state index contributed by atoms with van der Waals surface area (Å²) >= 11 is 1.69. The quantitative estimate of drug-likeness (QED) is 0.502. The van der Waals surface area contributed by atoms with Gasteiger partial charge in [-0.2, -0.15) is 0 Å². The van der Waals surface area contributed by atoms with Crippen molar-refractivity contribution < 1.29 is 8.81 Å². The van der Waals surface area contributed by atoms with Crippen LogP contribution in [0.15, 0.2) is 51.8 Å². The van der Waals surface area contributed by atoms with Gasteiger partial charge in [0.05, 0.1) is 4.90 Å². The predicted octanol–water partition coefficient (Wildman–Crippen LogP) is 6.62. The van der Waals surface area contributed by atoms with Crippen LogP contribution < -0.4 is 0 Å². The van der Waals surface area contributed by atoms with Crippen molar-refractivity contribution in [1.82, 2.24) is 0 Å². The highest BCUT2D eigenvalue weighted by molar-refractivity contribution is 7.99. The summed E-state index contributed by atoms with van der Waals surface area (Å²) in [4.78, 5) is 1.14. The Bertz CT molecular complexity index is 829. The molecule has 118 valence electrons. The molecule has 0 unspecified atom stereocenters. The Morgan fingerprint density at radius 3 is 2.48 bits per heavy atom. The van der Waals surface area contributed by atoms with Gasteiger partial charge in [0.25, 0.3) is 0 Å². The molecule has 0 atom stereocenters. The number of fused-ring (bicyclic) bond motifs is 1. The van der Waals surface area contributed by atoms with Gasteiger partial charge in [0, 0.05) is 10.9 Å². The van der Waals surface area contributed by atoms with E-state index in [1.54, 1.807) is 23.9 Å². The second kappa shape index (κ2) is 6.04. The smallest absolute Gasteiger partial charge is 0.148 e. The Hall–Kier alpha value is -1.74. The highest BCUT2D eigenvalue weighted by atomic mass is 32.2. The van der Waals surface area contributed by atoms with Crippen molar-refractivity contribution in [2.24, 2.45) is 0 Å². The second-order valence-corrected chi connectivity index (χ2v) is 7.02. The minimum atomic E-state index is -0.223. The lowest BCUT2D eigenvalue weighted by Crippen LogP contribution is -1.91. The van der Waals surface area contributed by atoms with E-state index >= 15 is 0 Å². The maximum atomic E-state index is 13.2. The molecule has 0 bridgehead atoms. The third-order valence-electron chi connectivity index (χ3n) is 4.80. The second-order valence-electron chi connectivity index (χ2n) is 6.21. The van der Waals surface area contributed by atoms with Gasteiger partial charge in [-0.1, -0.05) is 18.9 Å².